The van der Waals surface area contributed by atoms with E-state index in [1.54, 1.807) is 38.1 Å². The van der Waals surface area contributed by atoms with E-state index in [2.05, 4.69) is 5.10 Å². The molecule has 2 aromatic rings. The summed E-state index contributed by atoms with van der Waals surface area (Å²) in [6.07, 6.45) is 0. The van der Waals surface area contributed by atoms with Crippen LogP contribution in [0.15, 0.2) is 29.2 Å². The monoisotopic (exact) mass is 343 g/mol. The molecule has 0 aliphatic heterocycles. The van der Waals surface area contributed by atoms with Crippen LogP contribution < -0.4 is 0 Å². The summed E-state index contributed by atoms with van der Waals surface area (Å²) < 4.78 is 24.7. The van der Waals surface area contributed by atoms with E-state index >= 15 is 0 Å². The van der Waals surface area contributed by atoms with Gasteiger partial charge >= 0.3 is 0 Å². The van der Waals surface area contributed by atoms with Crippen LogP contribution in [-0.2, 0) is 9.05 Å². The minimum Gasteiger partial charge on any atom is -0.220 e. The molecule has 21 heavy (non-hydrogen) atoms. The number of rotatable bonds is 3. The first-order valence-electron chi connectivity index (χ1n) is 5.99. The Balaban J connectivity index is 2.75. The first-order valence-corrected chi connectivity index (χ1v) is 8.68. The van der Waals surface area contributed by atoms with Crippen molar-refractivity contribution in [2.75, 3.05) is 0 Å². The summed E-state index contributed by atoms with van der Waals surface area (Å²) in [5.41, 5.74) is 1.20. The molecule has 0 unspecified atom stereocenters. The third kappa shape index (κ3) is 3.05. The summed E-state index contributed by atoms with van der Waals surface area (Å²) in [6, 6.07) is 8.53. The second kappa shape index (κ2) is 5.68. The lowest BCUT2D eigenvalue weighted by Gasteiger charge is -2.03. The Morgan fingerprint density at radius 1 is 1.38 bits per heavy atom. The number of nitrogens with zero attached hydrogens (tertiary/aromatic N) is 3. The van der Waals surface area contributed by atoms with Crippen LogP contribution in [0.1, 0.15) is 31.0 Å². The number of aromatic nitrogens is 2. The Morgan fingerprint density at radius 3 is 2.52 bits per heavy atom. The Kier molecular flexibility index (Phi) is 4.28. The molecule has 0 saturated carbocycles. The topological polar surface area (TPSA) is 75.8 Å². The van der Waals surface area contributed by atoms with E-state index in [0.717, 1.165) is 0 Å². The summed E-state index contributed by atoms with van der Waals surface area (Å²) in [4.78, 5) is -0.191. The summed E-state index contributed by atoms with van der Waals surface area (Å²) in [7, 11) is 1.43. The van der Waals surface area contributed by atoms with Crippen LogP contribution in [0.25, 0.3) is 5.69 Å². The number of nitriles is 1. The number of benzene rings is 1. The van der Waals surface area contributed by atoms with Crippen LogP contribution in [-0.4, -0.2) is 18.2 Å². The largest absolute Gasteiger partial charge is 0.266 e. The van der Waals surface area contributed by atoms with Crippen LogP contribution in [0.3, 0.4) is 0 Å². The quantitative estimate of drug-likeness (QED) is 0.799. The maximum atomic E-state index is 11.7. The van der Waals surface area contributed by atoms with Crippen LogP contribution in [0.2, 0.25) is 5.15 Å². The summed E-state index contributed by atoms with van der Waals surface area (Å²) in [5, 5.41) is 13.1. The van der Waals surface area contributed by atoms with Gasteiger partial charge < -0.3 is 0 Å². The fourth-order valence-electron chi connectivity index (χ4n) is 1.88. The van der Waals surface area contributed by atoms with Crippen molar-refractivity contribution in [2.45, 2.75) is 24.7 Å². The van der Waals surface area contributed by atoms with Crippen LogP contribution in [0, 0.1) is 11.3 Å². The average Bonchev–Trinajstić information content (AvgIpc) is 2.76. The zero-order valence-electron chi connectivity index (χ0n) is 11.2. The van der Waals surface area contributed by atoms with E-state index in [0.29, 0.717) is 11.3 Å². The summed E-state index contributed by atoms with van der Waals surface area (Å²) in [5.74, 6) is -0.175. The molecule has 0 amide bonds. The van der Waals surface area contributed by atoms with Crippen molar-refractivity contribution in [1.82, 2.24) is 9.78 Å². The Bertz CT molecular complexity index is 836. The fourth-order valence-corrected chi connectivity index (χ4v) is 3.81. The molecular weight excluding hydrogens is 333 g/mol. The highest BCUT2D eigenvalue weighted by Gasteiger charge is 2.28. The second-order valence-corrected chi connectivity index (χ2v) is 7.53. The average molecular weight is 344 g/mol. The van der Waals surface area contributed by atoms with Gasteiger partial charge in [-0.3, -0.25) is 0 Å². The van der Waals surface area contributed by atoms with E-state index in [9.17, 15) is 8.42 Å². The van der Waals surface area contributed by atoms with Crippen molar-refractivity contribution >= 4 is 31.3 Å². The zero-order valence-corrected chi connectivity index (χ0v) is 13.5. The van der Waals surface area contributed by atoms with Gasteiger partial charge in [0.25, 0.3) is 9.05 Å². The van der Waals surface area contributed by atoms with Gasteiger partial charge in [-0.25, -0.2) is 13.1 Å². The van der Waals surface area contributed by atoms with Crippen molar-refractivity contribution in [2.24, 2.45) is 0 Å². The van der Waals surface area contributed by atoms with E-state index in [1.807, 2.05) is 6.07 Å². The number of hydrogen-bond donors (Lipinski definition) is 0. The lowest BCUT2D eigenvalue weighted by molar-refractivity contribution is 0.607. The highest BCUT2D eigenvalue weighted by atomic mass is 35.7. The number of halogens is 2. The van der Waals surface area contributed by atoms with Gasteiger partial charge in [-0.05, 0) is 24.1 Å². The first-order chi connectivity index (χ1) is 9.75. The molecule has 2 rings (SSSR count). The predicted octanol–water partition coefficient (Wildman–Crippen LogP) is 3.45. The summed E-state index contributed by atoms with van der Waals surface area (Å²) in [6.45, 7) is 3.58. The van der Waals surface area contributed by atoms with Crippen molar-refractivity contribution in [3.8, 4) is 11.8 Å². The van der Waals surface area contributed by atoms with Crippen molar-refractivity contribution in [1.29, 1.82) is 5.26 Å². The second-order valence-electron chi connectivity index (χ2n) is 4.67. The molecule has 0 aliphatic rings. The zero-order chi connectivity index (χ0) is 15.8. The first kappa shape index (κ1) is 15.8. The molecule has 0 saturated heterocycles. The molecule has 1 aromatic heterocycles. The normalized spacial score (nSPS) is 11.6. The Hall–Kier alpha value is -1.55. The van der Waals surface area contributed by atoms with Crippen molar-refractivity contribution < 1.29 is 8.42 Å². The molecule has 0 radical (unpaired) electrons. The van der Waals surface area contributed by atoms with E-state index < -0.39 is 9.05 Å². The highest BCUT2D eigenvalue weighted by molar-refractivity contribution is 8.13. The third-order valence-electron chi connectivity index (χ3n) is 2.82. The molecule has 0 atom stereocenters. The molecule has 0 bridgehead atoms. The number of hydrogen-bond acceptors (Lipinski definition) is 4. The molecule has 1 aromatic carbocycles. The molecular formula is C13H11Cl2N3O2S. The van der Waals surface area contributed by atoms with Crippen LogP contribution in [0.4, 0.5) is 0 Å². The lowest BCUT2D eigenvalue weighted by Crippen LogP contribution is -1.98. The van der Waals surface area contributed by atoms with Crippen molar-refractivity contribution in [3.05, 3.63) is 40.7 Å². The van der Waals surface area contributed by atoms with Gasteiger partial charge in [0.05, 0.1) is 23.0 Å². The molecule has 1 heterocycles. The molecule has 5 nitrogen and oxygen atoms in total. The third-order valence-corrected chi connectivity index (χ3v) is 4.64. The Morgan fingerprint density at radius 2 is 2.05 bits per heavy atom. The summed E-state index contributed by atoms with van der Waals surface area (Å²) >= 11 is 6.14. The molecule has 110 valence electrons. The van der Waals surface area contributed by atoms with Crippen molar-refractivity contribution in [3.63, 3.8) is 0 Å². The fraction of sp³-hybridized carbons (Fsp3) is 0.231. The molecule has 0 spiro atoms. The lowest BCUT2D eigenvalue weighted by atomic mass is 10.1. The van der Waals surface area contributed by atoms with Crippen LogP contribution in [0.5, 0.6) is 0 Å². The van der Waals surface area contributed by atoms with Gasteiger partial charge in [0.2, 0.25) is 0 Å². The van der Waals surface area contributed by atoms with E-state index in [-0.39, 0.29) is 21.7 Å². The Labute approximate surface area is 132 Å². The minimum atomic E-state index is -4.02. The predicted molar refractivity (Wildman–Crippen MR) is 80.4 cm³/mol. The van der Waals surface area contributed by atoms with Gasteiger partial charge in [0.1, 0.15) is 4.90 Å². The van der Waals surface area contributed by atoms with Gasteiger partial charge in [-0.2, -0.15) is 10.4 Å². The van der Waals surface area contributed by atoms with E-state index in [1.165, 1.54) is 4.68 Å². The van der Waals surface area contributed by atoms with Gasteiger partial charge in [0, 0.05) is 10.7 Å². The molecule has 0 N–H and O–H groups in total. The standard InChI is InChI=1S/C13H11Cl2N3O2S/c1-8(2)11-12(21(15,19)20)13(14)18(17-11)10-5-3-4-9(6-10)7-16/h3-6,8H,1-2H3. The highest BCUT2D eigenvalue weighted by Crippen LogP contribution is 2.34. The van der Waals surface area contributed by atoms with Gasteiger partial charge in [0.15, 0.2) is 5.15 Å². The molecule has 0 aliphatic carbocycles. The molecule has 8 heteroatoms. The van der Waals surface area contributed by atoms with Crippen LogP contribution >= 0.6 is 22.3 Å². The van der Waals surface area contributed by atoms with E-state index in [4.69, 9.17) is 27.5 Å². The molecule has 0 fully saturated rings. The maximum absolute atomic E-state index is 11.7. The minimum absolute atomic E-state index is 0.0937. The van der Waals surface area contributed by atoms with Gasteiger partial charge in [-0.15, -0.1) is 0 Å². The maximum Gasteiger partial charge on any atom is 0.266 e. The smallest absolute Gasteiger partial charge is 0.220 e. The SMILES string of the molecule is CC(C)c1nn(-c2cccc(C#N)c2)c(Cl)c1S(=O)(=O)Cl. The van der Waals surface area contributed by atoms with Gasteiger partial charge in [-0.1, -0.05) is 31.5 Å².